The van der Waals surface area contributed by atoms with Gasteiger partial charge in [0.15, 0.2) is 0 Å². The third kappa shape index (κ3) is 3.19. The number of benzene rings is 1. The summed E-state index contributed by atoms with van der Waals surface area (Å²) >= 11 is 9.77. The lowest BCUT2D eigenvalue weighted by atomic mass is 9.92. The number of anilines is 1. The second-order valence-corrected chi connectivity index (χ2v) is 6.15. The Bertz CT molecular complexity index is 425. The van der Waals surface area contributed by atoms with Gasteiger partial charge in [0, 0.05) is 16.6 Å². The quantitative estimate of drug-likeness (QED) is 0.860. The van der Waals surface area contributed by atoms with Gasteiger partial charge in [0.2, 0.25) is 0 Å². The molecule has 0 radical (unpaired) electrons. The van der Waals surface area contributed by atoms with Crippen molar-refractivity contribution >= 4 is 33.2 Å². The lowest BCUT2D eigenvalue weighted by Gasteiger charge is -2.32. The zero-order valence-corrected chi connectivity index (χ0v) is 13.1. The van der Waals surface area contributed by atoms with E-state index in [1.165, 1.54) is 12.8 Å². The topological polar surface area (TPSA) is 21.3 Å². The summed E-state index contributed by atoms with van der Waals surface area (Å²) in [5.41, 5.74) is 2.14. The Morgan fingerprint density at radius 3 is 2.78 bits per heavy atom. The summed E-state index contributed by atoms with van der Waals surface area (Å²) in [7, 11) is 1.79. The van der Waals surface area contributed by atoms with E-state index in [4.69, 9.17) is 16.3 Å². The first-order valence-corrected chi connectivity index (χ1v) is 7.54. The lowest BCUT2D eigenvalue weighted by molar-refractivity contribution is 0.0606. The summed E-state index contributed by atoms with van der Waals surface area (Å²) in [6.45, 7) is 2.01. The second kappa shape index (κ2) is 6.27. The van der Waals surface area contributed by atoms with E-state index >= 15 is 0 Å². The van der Waals surface area contributed by atoms with Crippen molar-refractivity contribution in [1.82, 2.24) is 0 Å². The van der Waals surface area contributed by atoms with Crippen LogP contribution >= 0.6 is 27.5 Å². The Morgan fingerprint density at radius 1 is 1.33 bits per heavy atom. The Morgan fingerprint density at radius 2 is 2.06 bits per heavy atom. The summed E-state index contributed by atoms with van der Waals surface area (Å²) in [6, 6.07) is 4.41. The number of hydrogen-bond donors (Lipinski definition) is 1. The molecule has 2 atom stereocenters. The van der Waals surface area contributed by atoms with Crippen LogP contribution in [-0.2, 0) is 4.74 Å². The van der Waals surface area contributed by atoms with E-state index in [1.54, 1.807) is 7.11 Å². The minimum atomic E-state index is 0.297. The molecule has 0 spiro atoms. The van der Waals surface area contributed by atoms with Crippen LogP contribution in [0.25, 0.3) is 0 Å². The maximum Gasteiger partial charge on any atom is 0.0772 e. The van der Waals surface area contributed by atoms with Crippen LogP contribution < -0.4 is 5.32 Å². The van der Waals surface area contributed by atoms with Gasteiger partial charge in [0.05, 0.1) is 17.8 Å². The summed E-state index contributed by atoms with van der Waals surface area (Å²) in [5, 5.41) is 4.36. The molecule has 1 N–H and O–H groups in total. The number of halogens is 2. The normalized spacial score (nSPS) is 24.0. The van der Waals surface area contributed by atoms with Crippen LogP contribution in [0.2, 0.25) is 5.02 Å². The van der Waals surface area contributed by atoms with E-state index in [0.29, 0.717) is 12.1 Å². The van der Waals surface area contributed by atoms with Crippen molar-refractivity contribution in [2.75, 3.05) is 12.4 Å². The molecule has 1 saturated carbocycles. The Balaban J connectivity index is 2.15. The molecule has 0 bridgehead atoms. The van der Waals surface area contributed by atoms with Crippen LogP contribution in [0, 0.1) is 6.92 Å². The number of rotatable bonds is 3. The van der Waals surface area contributed by atoms with E-state index in [-0.39, 0.29) is 0 Å². The van der Waals surface area contributed by atoms with Gasteiger partial charge in [-0.1, -0.05) is 24.4 Å². The van der Waals surface area contributed by atoms with Crippen molar-refractivity contribution in [2.24, 2.45) is 0 Å². The molecular formula is C14H19BrClNO. The molecule has 0 saturated heterocycles. The highest BCUT2D eigenvalue weighted by atomic mass is 79.9. The summed E-state index contributed by atoms with van der Waals surface area (Å²) in [6.07, 6.45) is 5.09. The molecule has 0 heterocycles. The van der Waals surface area contributed by atoms with Crippen LogP contribution in [0.4, 0.5) is 5.69 Å². The van der Waals surface area contributed by atoms with Gasteiger partial charge in [-0.25, -0.2) is 0 Å². The van der Waals surface area contributed by atoms with E-state index in [2.05, 4.69) is 27.3 Å². The van der Waals surface area contributed by atoms with Crippen LogP contribution in [0.1, 0.15) is 31.2 Å². The predicted molar refractivity (Wildman–Crippen MR) is 80.6 cm³/mol. The molecule has 100 valence electrons. The first-order chi connectivity index (χ1) is 8.61. The SMILES string of the molecule is COC1CCCCC1Nc1cc(Cl)c(C)cc1Br. The Labute approximate surface area is 122 Å². The van der Waals surface area contributed by atoms with Crippen molar-refractivity contribution in [3.63, 3.8) is 0 Å². The average Bonchev–Trinajstić information content (AvgIpc) is 2.36. The van der Waals surface area contributed by atoms with Gasteiger partial charge in [-0.15, -0.1) is 0 Å². The van der Waals surface area contributed by atoms with Crippen LogP contribution in [0.3, 0.4) is 0 Å². The Hall–Kier alpha value is -0.250. The van der Waals surface area contributed by atoms with Crippen LogP contribution in [-0.4, -0.2) is 19.3 Å². The lowest BCUT2D eigenvalue weighted by Crippen LogP contribution is -2.37. The molecule has 1 aliphatic carbocycles. The fourth-order valence-electron chi connectivity index (χ4n) is 2.50. The third-order valence-electron chi connectivity index (χ3n) is 3.59. The number of nitrogens with one attached hydrogen (secondary N) is 1. The number of aryl methyl sites for hydroxylation is 1. The molecule has 18 heavy (non-hydrogen) atoms. The molecule has 1 aromatic rings. The molecule has 2 rings (SSSR count). The highest BCUT2D eigenvalue weighted by molar-refractivity contribution is 9.10. The molecule has 0 amide bonds. The van der Waals surface area contributed by atoms with Gasteiger partial charge >= 0.3 is 0 Å². The van der Waals surface area contributed by atoms with Gasteiger partial charge in [0.1, 0.15) is 0 Å². The maximum atomic E-state index is 6.18. The van der Waals surface area contributed by atoms with Crippen molar-refractivity contribution < 1.29 is 4.74 Å². The zero-order chi connectivity index (χ0) is 13.1. The van der Waals surface area contributed by atoms with Gasteiger partial charge in [-0.05, 0) is 53.4 Å². The van der Waals surface area contributed by atoms with Crippen LogP contribution in [0.5, 0.6) is 0 Å². The number of ether oxygens (including phenoxy) is 1. The molecule has 2 nitrogen and oxygen atoms in total. The molecule has 2 unspecified atom stereocenters. The Kier molecular flexibility index (Phi) is 4.93. The van der Waals surface area contributed by atoms with E-state index in [9.17, 15) is 0 Å². The van der Waals surface area contributed by atoms with Gasteiger partial charge in [-0.3, -0.25) is 0 Å². The number of methoxy groups -OCH3 is 1. The maximum absolute atomic E-state index is 6.18. The molecule has 4 heteroatoms. The molecular weight excluding hydrogens is 314 g/mol. The minimum absolute atomic E-state index is 0.297. The first-order valence-electron chi connectivity index (χ1n) is 6.37. The monoisotopic (exact) mass is 331 g/mol. The molecule has 0 aromatic heterocycles. The fourth-order valence-corrected chi connectivity index (χ4v) is 3.24. The van der Waals surface area contributed by atoms with E-state index in [1.807, 2.05) is 13.0 Å². The minimum Gasteiger partial charge on any atom is -0.379 e. The second-order valence-electron chi connectivity index (χ2n) is 4.89. The van der Waals surface area contributed by atoms with Crippen LogP contribution in [0.15, 0.2) is 16.6 Å². The molecule has 1 aliphatic rings. The summed E-state index contributed by atoms with van der Waals surface area (Å²) < 4.78 is 6.62. The average molecular weight is 333 g/mol. The molecule has 0 aliphatic heterocycles. The van der Waals surface area contributed by atoms with E-state index < -0.39 is 0 Å². The highest BCUT2D eigenvalue weighted by Gasteiger charge is 2.25. The van der Waals surface area contributed by atoms with Gasteiger partial charge in [0.25, 0.3) is 0 Å². The standard InChI is InChI=1S/C14H19BrClNO/c1-9-7-10(15)13(8-11(9)16)17-12-5-3-4-6-14(12)18-2/h7-8,12,14,17H,3-6H2,1-2H3. The van der Waals surface area contributed by atoms with Crippen molar-refractivity contribution in [2.45, 2.75) is 44.8 Å². The predicted octanol–water partition coefficient (Wildman–Crippen LogP) is 4.78. The van der Waals surface area contributed by atoms with Gasteiger partial charge < -0.3 is 10.1 Å². The van der Waals surface area contributed by atoms with Crippen molar-refractivity contribution in [3.8, 4) is 0 Å². The van der Waals surface area contributed by atoms with E-state index in [0.717, 1.165) is 33.6 Å². The zero-order valence-electron chi connectivity index (χ0n) is 10.8. The number of hydrogen-bond acceptors (Lipinski definition) is 2. The van der Waals surface area contributed by atoms with Crippen molar-refractivity contribution in [3.05, 3.63) is 27.2 Å². The summed E-state index contributed by atoms with van der Waals surface area (Å²) in [5.74, 6) is 0. The molecule has 1 fully saturated rings. The van der Waals surface area contributed by atoms with Crippen molar-refractivity contribution in [1.29, 1.82) is 0 Å². The third-order valence-corrected chi connectivity index (χ3v) is 4.66. The van der Waals surface area contributed by atoms with Gasteiger partial charge in [-0.2, -0.15) is 0 Å². The highest BCUT2D eigenvalue weighted by Crippen LogP contribution is 2.32. The molecule has 1 aromatic carbocycles. The first kappa shape index (κ1) is 14.2. The largest absolute Gasteiger partial charge is 0.379 e. The smallest absolute Gasteiger partial charge is 0.0772 e. The fraction of sp³-hybridized carbons (Fsp3) is 0.571. The summed E-state index contributed by atoms with van der Waals surface area (Å²) in [4.78, 5) is 0.